The number of aromatic nitrogens is 4. The van der Waals surface area contributed by atoms with E-state index in [2.05, 4.69) is 15.6 Å². The van der Waals surface area contributed by atoms with Crippen LogP contribution in [0.1, 0.15) is 16.1 Å². The van der Waals surface area contributed by atoms with E-state index in [0.29, 0.717) is 35.5 Å². The van der Waals surface area contributed by atoms with Gasteiger partial charge in [-0.3, -0.25) is 4.79 Å². The Bertz CT molecular complexity index is 921. The third-order valence-electron chi connectivity index (χ3n) is 3.47. The molecule has 0 fully saturated rings. The molecule has 0 aliphatic carbocycles. The first-order valence-corrected chi connectivity index (χ1v) is 7.68. The molecule has 0 saturated heterocycles. The number of methoxy groups -OCH3 is 1. The molecule has 0 amide bonds. The highest BCUT2D eigenvalue weighted by atomic mass is 32.1. The largest absolute Gasteiger partial charge is 0.474 e. The first-order valence-electron chi connectivity index (χ1n) is 7.27. The molecule has 0 saturated carbocycles. The van der Waals surface area contributed by atoms with Gasteiger partial charge in [-0.15, -0.1) is 5.10 Å². The van der Waals surface area contributed by atoms with Crippen molar-refractivity contribution >= 4 is 23.7 Å². The number of carbonyl (C=O) groups excluding carboxylic acids is 1. The molecule has 7 nitrogen and oxygen atoms in total. The molecule has 0 radical (unpaired) electrons. The standard InChI is InChI=1S/C16H14FN5O2S/c1-24-16(25)18-7-12-9-22(20-19-12)13-2-3-15(14(17)6-13)21-5-4-11(8-21)10-23/h2-6,8-10H,7H2,1H3,(H,18,25). The molecule has 1 N–H and O–H groups in total. The van der Waals surface area contributed by atoms with Crippen LogP contribution in [0.2, 0.25) is 0 Å². The molecule has 2 aromatic heterocycles. The molecule has 0 aliphatic heterocycles. The number of hydrogen-bond donors (Lipinski definition) is 1. The molecule has 0 bridgehead atoms. The number of aldehydes is 1. The SMILES string of the molecule is COC(=S)NCc1cn(-c2ccc(-n3ccc(C=O)c3)c(F)c2)nn1. The molecule has 0 aliphatic rings. The number of halogens is 1. The average molecular weight is 359 g/mol. The molecule has 2 heterocycles. The molecule has 25 heavy (non-hydrogen) atoms. The van der Waals surface area contributed by atoms with Gasteiger partial charge in [-0.05, 0) is 30.4 Å². The van der Waals surface area contributed by atoms with E-state index in [1.807, 2.05) is 0 Å². The zero-order chi connectivity index (χ0) is 17.8. The van der Waals surface area contributed by atoms with E-state index in [0.717, 1.165) is 0 Å². The Morgan fingerprint density at radius 3 is 2.92 bits per heavy atom. The van der Waals surface area contributed by atoms with E-state index < -0.39 is 5.82 Å². The van der Waals surface area contributed by atoms with E-state index in [1.165, 1.54) is 17.9 Å². The van der Waals surface area contributed by atoms with E-state index in [-0.39, 0.29) is 5.17 Å². The smallest absolute Gasteiger partial charge is 0.256 e. The lowest BCUT2D eigenvalue weighted by Gasteiger charge is -2.07. The van der Waals surface area contributed by atoms with Gasteiger partial charge in [0.15, 0.2) is 6.29 Å². The Hall–Kier alpha value is -3.07. The van der Waals surface area contributed by atoms with Crippen molar-refractivity contribution in [3.63, 3.8) is 0 Å². The topological polar surface area (TPSA) is 74.0 Å². The number of hydrogen-bond acceptors (Lipinski definition) is 5. The van der Waals surface area contributed by atoms with Crippen LogP contribution in [-0.2, 0) is 11.3 Å². The van der Waals surface area contributed by atoms with E-state index in [9.17, 15) is 9.18 Å². The van der Waals surface area contributed by atoms with Gasteiger partial charge in [-0.25, -0.2) is 9.07 Å². The summed E-state index contributed by atoms with van der Waals surface area (Å²) in [6.07, 6.45) is 5.56. The molecule has 9 heteroatoms. The van der Waals surface area contributed by atoms with Crippen LogP contribution in [0.15, 0.2) is 42.9 Å². The zero-order valence-corrected chi connectivity index (χ0v) is 14.0. The van der Waals surface area contributed by atoms with Crippen molar-refractivity contribution in [2.45, 2.75) is 6.54 Å². The molecule has 128 valence electrons. The average Bonchev–Trinajstić information content (AvgIpc) is 3.28. The minimum absolute atomic E-state index is 0.256. The highest BCUT2D eigenvalue weighted by molar-refractivity contribution is 7.80. The van der Waals surface area contributed by atoms with Crippen LogP contribution in [0, 0.1) is 5.82 Å². The fourth-order valence-electron chi connectivity index (χ4n) is 2.22. The van der Waals surface area contributed by atoms with Gasteiger partial charge >= 0.3 is 0 Å². The van der Waals surface area contributed by atoms with Gasteiger partial charge in [0.05, 0.1) is 31.2 Å². The van der Waals surface area contributed by atoms with Crippen LogP contribution in [0.25, 0.3) is 11.4 Å². The van der Waals surface area contributed by atoms with Gasteiger partial charge in [0, 0.05) is 24.0 Å². The van der Waals surface area contributed by atoms with Crippen LogP contribution >= 0.6 is 12.2 Å². The zero-order valence-electron chi connectivity index (χ0n) is 13.2. The maximum atomic E-state index is 14.4. The van der Waals surface area contributed by atoms with Crippen LogP contribution in [0.4, 0.5) is 4.39 Å². The first-order chi connectivity index (χ1) is 12.1. The second-order valence-corrected chi connectivity index (χ2v) is 5.48. The Morgan fingerprint density at radius 2 is 2.24 bits per heavy atom. The summed E-state index contributed by atoms with van der Waals surface area (Å²) >= 11 is 4.88. The molecule has 1 aromatic carbocycles. The molecule has 0 spiro atoms. The maximum Gasteiger partial charge on any atom is 0.256 e. The van der Waals surface area contributed by atoms with Gasteiger partial charge < -0.3 is 14.6 Å². The summed E-state index contributed by atoms with van der Waals surface area (Å²) in [5, 5.41) is 11.1. The van der Waals surface area contributed by atoms with E-state index >= 15 is 0 Å². The number of nitrogens with one attached hydrogen (secondary N) is 1. The van der Waals surface area contributed by atoms with E-state index in [4.69, 9.17) is 17.0 Å². The summed E-state index contributed by atoms with van der Waals surface area (Å²) in [7, 11) is 1.47. The fraction of sp³-hybridized carbons (Fsp3) is 0.125. The number of thiocarbonyl (C=S) groups is 1. The highest BCUT2D eigenvalue weighted by Gasteiger charge is 2.09. The quantitative estimate of drug-likeness (QED) is 0.555. The maximum absolute atomic E-state index is 14.4. The van der Waals surface area contributed by atoms with Crippen molar-refractivity contribution in [2.24, 2.45) is 0 Å². The summed E-state index contributed by atoms with van der Waals surface area (Å²) in [5.74, 6) is -0.443. The van der Waals surface area contributed by atoms with Crippen molar-refractivity contribution in [1.82, 2.24) is 24.9 Å². The number of rotatable bonds is 5. The molecular formula is C16H14FN5O2S. The normalized spacial score (nSPS) is 10.5. The monoisotopic (exact) mass is 359 g/mol. The van der Waals surface area contributed by atoms with Crippen LogP contribution in [0.5, 0.6) is 0 Å². The summed E-state index contributed by atoms with van der Waals surface area (Å²) in [6.45, 7) is 0.352. The summed E-state index contributed by atoms with van der Waals surface area (Å²) in [5.41, 5.74) is 1.97. The predicted octanol–water partition coefficient (Wildman–Crippen LogP) is 2.03. The lowest BCUT2D eigenvalue weighted by atomic mass is 10.2. The molecule has 3 aromatic rings. The molecule has 0 atom stereocenters. The van der Waals surface area contributed by atoms with Gasteiger partial charge in [-0.1, -0.05) is 5.21 Å². The second-order valence-electron chi connectivity index (χ2n) is 5.11. The van der Waals surface area contributed by atoms with Crippen molar-refractivity contribution in [3.8, 4) is 11.4 Å². The first kappa shape index (κ1) is 16.8. The van der Waals surface area contributed by atoms with Crippen molar-refractivity contribution < 1.29 is 13.9 Å². The highest BCUT2D eigenvalue weighted by Crippen LogP contribution is 2.18. The van der Waals surface area contributed by atoms with Gasteiger partial charge in [-0.2, -0.15) is 0 Å². The summed E-state index contributed by atoms with van der Waals surface area (Å²) in [6, 6.07) is 6.28. The second kappa shape index (κ2) is 7.22. The van der Waals surface area contributed by atoms with Crippen LogP contribution in [-0.4, -0.2) is 38.1 Å². The van der Waals surface area contributed by atoms with Gasteiger partial charge in [0.1, 0.15) is 11.5 Å². The predicted molar refractivity (Wildman–Crippen MR) is 92.5 cm³/mol. The van der Waals surface area contributed by atoms with Crippen molar-refractivity contribution in [2.75, 3.05) is 7.11 Å². The van der Waals surface area contributed by atoms with Crippen molar-refractivity contribution in [1.29, 1.82) is 0 Å². The lowest BCUT2D eigenvalue weighted by molar-refractivity contribution is 0.112. The third-order valence-corrected chi connectivity index (χ3v) is 3.78. The molecular weight excluding hydrogens is 345 g/mol. The minimum atomic E-state index is -0.443. The molecule has 3 rings (SSSR count). The Morgan fingerprint density at radius 1 is 1.40 bits per heavy atom. The molecule has 0 unspecified atom stereocenters. The fourth-order valence-corrected chi connectivity index (χ4v) is 2.29. The Labute approximate surface area is 148 Å². The number of benzene rings is 1. The Kier molecular flexibility index (Phi) is 4.85. The number of ether oxygens (including phenoxy) is 1. The van der Waals surface area contributed by atoms with Gasteiger partial charge in [0.25, 0.3) is 5.17 Å². The minimum Gasteiger partial charge on any atom is -0.474 e. The lowest BCUT2D eigenvalue weighted by Crippen LogP contribution is -2.22. The number of carbonyl (C=O) groups is 1. The van der Waals surface area contributed by atoms with Crippen molar-refractivity contribution in [3.05, 3.63) is 59.9 Å². The van der Waals surface area contributed by atoms with Crippen LogP contribution in [0.3, 0.4) is 0 Å². The Balaban J connectivity index is 1.80. The third kappa shape index (κ3) is 3.72. The van der Waals surface area contributed by atoms with E-state index in [1.54, 1.807) is 41.4 Å². The summed E-state index contributed by atoms with van der Waals surface area (Å²) < 4.78 is 22.3. The van der Waals surface area contributed by atoms with Crippen LogP contribution < -0.4 is 5.32 Å². The van der Waals surface area contributed by atoms with Gasteiger partial charge in [0.2, 0.25) is 0 Å². The summed E-state index contributed by atoms with van der Waals surface area (Å²) in [4.78, 5) is 10.7. The number of nitrogens with zero attached hydrogens (tertiary/aromatic N) is 4.